The predicted octanol–water partition coefficient (Wildman–Crippen LogP) is 2.04. The second-order valence-electron chi connectivity index (χ2n) is 3.10. The molecule has 0 aliphatic heterocycles. The van der Waals surface area contributed by atoms with Gasteiger partial charge in [0.05, 0.1) is 12.7 Å². The average Bonchev–Trinajstić information content (AvgIpc) is 2.25. The molecule has 1 unspecified atom stereocenters. The number of nitrogens with two attached hydrogens (primary N) is 1. The molecule has 0 spiro atoms. The van der Waals surface area contributed by atoms with Gasteiger partial charge in [0.2, 0.25) is 0 Å². The van der Waals surface area contributed by atoms with E-state index in [1.165, 1.54) is 18.2 Å². The molecule has 3 nitrogen and oxygen atoms in total. The van der Waals surface area contributed by atoms with Crippen molar-refractivity contribution in [2.75, 3.05) is 7.11 Å². The molecule has 1 atom stereocenters. The first kappa shape index (κ1) is 12.5. The third kappa shape index (κ3) is 2.52. The number of halogens is 3. The minimum absolute atomic E-state index is 0.171. The summed E-state index contributed by atoms with van der Waals surface area (Å²) in [4.78, 5) is 11.2. The number of benzene rings is 1. The van der Waals surface area contributed by atoms with Gasteiger partial charge in [0.25, 0.3) is 0 Å². The molecule has 0 bridgehead atoms. The summed E-state index contributed by atoms with van der Waals surface area (Å²) in [7, 11) is 1.10. The van der Waals surface area contributed by atoms with Crippen LogP contribution in [0.4, 0.5) is 13.2 Å². The van der Waals surface area contributed by atoms with Gasteiger partial charge in [0.15, 0.2) is 0 Å². The van der Waals surface area contributed by atoms with Crippen molar-refractivity contribution in [1.82, 2.24) is 0 Å². The first-order chi connectivity index (χ1) is 7.38. The number of carbonyl (C=O) groups is 1. The Balaban J connectivity index is 3.18. The van der Waals surface area contributed by atoms with Crippen molar-refractivity contribution >= 4 is 5.97 Å². The lowest BCUT2D eigenvalue weighted by molar-refractivity contribution is -0.149. The van der Waals surface area contributed by atoms with E-state index in [1.54, 1.807) is 0 Å². The van der Waals surface area contributed by atoms with E-state index < -0.39 is 18.2 Å². The molecule has 1 aromatic carbocycles. The van der Waals surface area contributed by atoms with E-state index in [4.69, 9.17) is 5.73 Å². The Bertz CT molecular complexity index is 390. The van der Waals surface area contributed by atoms with Gasteiger partial charge in [-0.2, -0.15) is 13.2 Å². The van der Waals surface area contributed by atoms with Crippen LogP contribution in [0.2, 0.25) is 0 Å². The van der Waals surface area contributed by atoms with Crippen LogP contribution < -0.4 is 5.73 Å². The Hall–Kier alpha value is -1.56. The number of carbonyl (C=O) groups excluding carboxylic acids is 1. The maximum absolute atomic E-state index is 12.4. The molecule has 0 aromatic heterocycles. The van der Waals surface area contributed by atoms with Crippen molar-refractivity contribution in [2.24, 2.45) is 5.73 Å². The van der Waals surface area contributed by atoms with Crippen molar-refractivity contribution < 1.29 is 22.7 Å². The van der Waals surface area contributed by atoms with Gasteiger partial charge in [0, 0.05) is 0 Å². The quantitative estimate of drug-likeness (QED) is 0.795. The van der Waals surface area contributed by atoms with Crippen LogP contribution in [0.5, 0.6) is 0 Å². The maximum atomic E-state index is 12.4. The van der Waals surface area contributed by atoms with Crippen molar-refractivity contribution in [3.05, 3.63) is 35.4 Å². The second kappa shape index (κ2) is 4.52. The molecule has 88 valence electrons. The summed E-state index contributed by atoms with van der Waals surface area (Å²) in [6, 6.07) is 3.03. The number of methoxy groups -OCH3 is 1. The Morgan fingerprint density at radius 3 is 2.44 bits per heavy atom. The van der Waals surface area contributed by atoms with E-state index in [-0.39, 0.29) is 11.1 Å². The zero-order valence-electron chi connectivity index (χ0n) is 8.41. The van der Waals surface area contributed by atoms with Gasteiger partial charge in [-0.05, 0) is 11.6 Å². The van der Waals surface area contributed by atoms with Crippen LogP contribution in [0.3, 0.4) is 0 Å². The van der Waals surface area contributed by atoms with Crippen LogP contribution in [0.15, 0.2) is 24.3 Å². The SMILES string of the molecule is COC(=O)c1ccccc1C(N)C(F)(F)F. The highest BCUT2D eigenvalue weighted by atomic mass is 19.4. The summed E-state index contributed by atoms with van der Waals surface area (Å²) < 4.78 is 41.6. The number of alkyl halides is 3. The molecule has 0 heterocycles. The molecule has 0 saturated carbocycles. The first-order valence-corrected chi connectivity index (χ1v) is 4.37. The van der Waals surface area contributed by atoms with Crippen molar-refractivity contribution in [1.29, 1.82) is 0 Å². The molecule has 16 heavy (non-hydrogen) atoms. The third-order valence-electron chi connectivity index (χ3n) is 2.05. The number of hydrogen-bond donors (Lipinski definition) is 1. The molecule has 1 aromatic rings. The van der Waals surface area contributed by atoms with Gasteiger partial charge in [-0.25, -0.2) is 4.79 Å². The van der Waals surface area contributed by atoms with Crippen LogP contribution in [-0.2, 0) is 4.74 Å². The van der Waals surface area contributed by atoms with E-state index in [1.807, 2.05) is 0 Å². The Labute approximate surface area is 90.0 Å². The van der Waals surface area contributed by atoms with Crippen LogP contribution in [0.1, 0.15) is 22.0 Å². The molecule has 0 radical (unpaired) electrons. The fourth-order valence-corrected chi connectivity index (χ4v) is 1.24. The van der Waals surface area contributed by atoms with Gasteiger partial charge in [-0.3, -0.25) is 0 Å². The van der Waals surface area contributed by atoms with Crippen LogP contribution in [0.25, 0.3) is 0 Å². The van der Waals surface area contributed by atoms with Gasteiger partial charge in [-0.15, -0.1) is 0 Å². The fourth-order valence-electron chi connectivity index (χ4n) is 1.24. The Morgan fingerprint density at radius 1 is 1.38 bits per heavy atom. The average molecular weight is 233 g/mol. The molecule has 6 heteroatoms. The van der Waals surface area contributed by atoms with E-state index in [9.17, 15) is 18.0 Å². The largest absolute Gasteiger partial charge is 0.465 e. The minimum atomic E-state index is -4.59. The normalized spacial score (nSPS) is 13.3. The topological polar surface area (TPSA) is 52.3 Å². The third-order valence-corrected chi connectivity index (χ3v) is 2.05. The van der Waals surface area contributed by atoms with Crippen LogP contribution in [0, 0.1) is 0 Å². The van der Waals surface area contributed by atoms with Gasteiger partial charge in [0.1, 0.15) is 6.04 Å². The summed E-state index contributed by atoms with van der Waals surface area (Å²) >= 11 is 0. The predicted molar refractivity (Wildman–Crippen MR) is 50.8 cm³/mol. The van der Waals surface area contributed by atoms with Crippen molar-refractivity contribution in [3.63, 3.8) is 0 Å². The lowest BCUT2D eigenvalue weighted by Crippen LogP contribution is -2.30. The Morgan fingerprint density at radius 2 is 1.94 bits per heavy atom. The highest BCUT2D eigenvalue weighted by Crippen LogP contribution is 2.32. The summed E-state index contributed by atoms with van der Waals surface area (Å²) in [6.07, 6.45) is -4.59. The monoisotopic (exact) mass is 233 g/mol. The van der Waals surface area contributed by atoms with Crippen molar-refractivity contribution in [3.8, 4) is 0 Å². The zero-order chi connectivity index (χ0) is 12.3. The van der Waals surface area contributed by atoms with E-state index in [0.29, 0.717) is 0 Å². The zero-order valence-corrected chi connectivity index (χ0v) is 8.41. The first-order valence-electron chi connectivity index (χ1n) is 4.37. The smallest absolute Gasteiger partial charge is 0.407 e. The molecule has 0 aliphatic rings. The highest BCUT2D eigenvalue weighted by molar-refractivity contribution is 5.91. The molecule has 0 fully saturated rings. The molecular formula is C10H10F3NO2. The van der Waals surface area contributed by atoms with Crippen LogP contribution in [-0.4, -0.2) is 19.3 Å². The molecule has 0 aliphatic carbocycles. The van der Waals surface area contributed by atoms with Gasteiger partial charge >= 0.3 is 12.1 Å². The second-order valence-corrected chi connectivity index (χ2v) is 3.10. The van der Waals surface area contributed by atoms with E-state index in [0.717, 1.165) is 13.2 Å². The molecule has 2 N–H and O–H groups in total. The van der Waals surface area contributed by atoms with Crippen molar-refractivity contribution in [2.45, 2.75) is 12.2 Å². The number of esters is 1. The molecule has 0 amide bonds. The number of rotatable bonds is 2. The highest BCUT2D eigenvalue weighted by Gasteiger charge is 2.39. The van der Waals surface area contributed by atoms with E-state index >= 15 is 0 Å². The van der Waals surface area contributed by atoms with Gasteiger partial charge < -0.3 is 10.5 Å². The van der Waals surface area contributed by atoms with E-state index in [2.05, 4.69) is 4.74 Å². The summed E-state index contributed by atoms with van der Waals surface area (Å²) in [5.41, 5.74) is 4.57. The summed E-state index contributed by atoms with van der Waals surface area (Å²) in [6.45, 7) is 0. The summed E-state index contributed by atoms with van der Waals surface area (Å²) in [5.74, 6) is -0.838. The lowest BCUT2D eigenvalue weighted by Gasteiger charge is -2.18. The number of ether oxygens (including phenoxy) is 1. The number of hydrogen-bond acceptors (Lipinski definition) is 3. The van der Waals surface area contributed by atoms with Crippen LogP contribution >= 0.6 is 0 Å². The summed E-state index contributed by atoms with van der Waals surface area (Å²) in [5, 5.41) is 0. The fraction of sp³-hybridized carbons (Fsp3) is 0.300. The molecule has 0 saturated heterocycles. The Kier molecular flexibility index (Phi) is 3.54. The van der Waals surface area contributed by atoms with Gasteiger partial charge in [-0.1, -0.05) is 18.2 Å². The standard InChI is InChI=1S/C10H10F3NO2/c1-16-9(15)7-5-3-2-4-6(7)8(14)10(11,12)13/h2-5,8H,14H2,1H3. The maximum Gasteiger partial charge on any atom is 0.407 e. The lowest BCUT2D eigenvalue weighted by atomic mass is 10.0. The molecule has 1 rings (SSSR count). The minimum Gasteiger partial charge on any atom is -0.465 e. The molecular weight excluding hydrogens is 223 g/mol.